The van der Waals surface area contributed by atoms with Gasteiger partial charge in [-0.2, -0.15) is 0 Å². The van der Waals surface area contributed by atoms with Crippen LogP contribution in [0.25, 0.3) is 0 Å². The van der Waals surface area contributed by atoms with Crippen molar-refractivity contribution in [2.24, 2.45) is 0 Å². The Morgan fingerprint density at radius 1 is 0.902 bits per heavy atom. The normalized spacial score (nSPS) is 15.8. The number of aryl methyl sites for hydroxylation is 1. The molecule has 1 aromatic heterocycles. The molecule has 1 aliphatic carbocycles. The van der Waals surface area contributed by atoms with E-state index in [0.29, 0.717) is 24.5 Å². The SMILES string of the molecule is CC/C=C\C/C=C\C/C=C\C/C=C\C/C=C\C/C=C\CCC(=O)NCC(=O)N(CCC)[C@@H]1CCc2nc(N)sc2C1. The molecule has 0 aliphatic heterocycles. The second kappa shape index (κ2) is 21.5. The van der Waals surface area contributed by atoms with E-state index in [4.69, 9.17) is 5.73 Å². The highest BCUT2D eigenvalue weighted by molar-refractivity contribution is 7.15. The Morgan fingerprint density at radius 3 is 2.02 bits per heavy atom. The van der Waals surface area contributed by atoms with Gasteiger partial charge in [-0.25, -0.2) is 4.98 Å². The van der Waals surface area contributed by atoms with Crippen LogP contribution in [0.1, 0.15) is 88.6 Å². The maximum atomic E-state index is 12.9. The van der Waals surface area contributed by atoms with Crippen LogP contribution in [0, 0.1) is 0 Å². The van der Waals surface area contributed by atoms with Crippen molar-refractivity contribution in [1.29, 1.82) is 0 Å². The molecule has 224 valence electrons. The zero-order chi connectivity index (χ0) is 29.5. The van der Waals surface area contributed by atoms with Gasteiger partial charge in [-0.15, -0.1) is 11.3 Å². The molecule has 0 aromatic carbocycles. The molecule has 1 aliphatic rings. The number of hydrogen-bond acceptors (Lipinski definition) is 5. The molecule has 1 atom stereocenters. The third kappa shape index (κ3) is 14.8. The first kappa shape index (κ1) is 34.0. The lowest BCUT2D eigenvalue weighted by Crippen LogP contribution is -2.47. The topological polar surface area (TPSA) is 88.3 Å². The Hall–Kier alpha value is -3.19. The fraction of sp³-hybridized carbons (Fsp3) is 0.500. The maximum Gasteiger partial charge on any atom is 0.242 e. The maximum absolute atomic E-state index is 12.9. The molecule has 7 heteroatoms. The Balaban J connectivity index is 1.54. The molecule has 0 saturated heterocycles. The average Bonchev–Trinajstić information content (AvgIpc) is 3.35. The summed E-state index contributed by atoms with van der Waals surface area (Å²) in [5, 5.41) is 3.42. The lowest BCUT2D eigenvalue weighted by atomic mass is 9.96. The van der Waals surface area contributed by atoms with Crippen molar-refractivity contribution in [1.82, 2.24) is 15.2 Å². The van der Waals surface area contributed by atoms with E-state index in [1.807, 2.05) is 11.0 Å². The van der Waals surface area contributed by atoms with E-state index >= 15 is 0 Å². The van der Waals surface area contributed by atoms with Crippen LogP contribution in [-0.2, 0) is 22.4 Å². The van der Waals surface area contributed by atoms with E-state index in [1.54, 1.807) is 0 Å². The molecule has 1 heterocycles. The van der Waals surface area contributed by atoms with Crippen LogP contribution >= 0.6 is 11.3 Å². The molecule has 3 N–H and O–H groups in total. The molecule has 0 unspecified atom stereocenters. The van der Waals surface area contributed by atoms with E-state index in [9.17, 15) is 9.59 Å². The van der Waals surface area contributed by atoms with Gasteiger partial charge >= 0.3 is 0 Å². The third-order valence-electron chi connectivity index (χ3n) is 6.73. The molecule has 0 bridgehead atoms. The van der Waals surface area contributed by atoms with Crippen LogP contribution in [-0.4, -0.2) is 40.8 Å². The number of allylic oxidation sites excluding steroid dienone is 12. The van der Waals surface area contributed by atoms with Crippen molar-refractivity contribution >= 4 is 28.3 Å². The van der Waals surface area contributed by atoms with Gasteiger partial charge in [0.25, 0.3) is 0 Å². The number of thiazole rings is 1. The van der Waals surface area contributed by atoms with E-state index < -0.39 is 0 Å². The Kier molecular flexibility index (Phi) is 17.9. The molecule has 41 heavy (non-hydrogen) atoms. The fourth-order valence-electron chi connectivity index (χ4n) is 4.61. The van der Waals surface area contributed by atoms with Gasteiger partial charge in [0.15, 0.2) is 5.13 Å². The van der Waals surface area contributed by atoms with Crippen molar-refractivity contribution in [3.05, 3.63) is 83.5 Å². The van der Waals surface area contributed by atoms with Crippen LogP contribution in [0.2, 0.25) is 0 Å². The number of fused-ring (bicyclic) bond motifs is 1. The predicted molar refractivity (Wildman–Crippen MR) is 175 cm³/mol. The highest BCUT2D eigenvalue weighted by Crippen LogP contribution is 2.30. The molecule has 0 spiro atoms. The van der Waals surface area contributed by atoms with Gasteiger partial charge in [0.1, 0.15) is 0 Å². The Bertz CT molecular complexity index is 1080. The van der Waals surface area contributed by atoms with Gasteiger partial charge in [0.05, 0.1) is 12.2 Å². The number of carbonyl (C=O) groups is 2. The smallest absolute Gasteiger partial charge is 0.242 e. The second-order valence-corrected chi connectivity index (χ2v) is 11.3. The monoisotopic (exact) mass is 578 g/mol. The summed E-state index contributed by atoms with van der Waals surface area (Å²) in [6, 6.07) is 0.144. The number of anilines is 1. The van der Waals surface area contributed by atoms with Gasteiger partial charge in [-0.1, -0.05) is 86.8 Å². The van der Waals surface area contributed by atoms with Crippen LogP contribution in [0.4, 0.5) is 5.13 Å². The first-order chi connectivity index (χ1) is 20.0. The van der Waals surface area contributed by atoms with Gasteiger partial charge in [-0.05, 0) is 64.2 Å². The Labute approximate surface area is 251 Å². The first-order valence-electron chi connectivity index (χ1n) is 15.2. The summed E-state index contributed by atoms with van der Waals surface area (Å²) in [5.41, 5.74) is 6.95. The third-order valence-corrected chi connectivity index (χ3v) is 7.68. The quantitative estimate of drug-likeness (QED) is 0.167. The number of nitrogens with zero attached hydrogens (tertiary/aromatic N) is 2. The predicted octanol–water partition coefficient (Wildman–Crippen LogP) is 7.42. The molecular weight excluding hydrogens is 528 g/mol. The summed E-state index contributed by atoms with van der Waals surface area (Å²) in [7, 11) is 0. The molecule has 0 saturated carbocycles. The average molecular weight is 579 g/mol. The van der Waals surface area contributed by atoms with E-state index in [0.717, 1.165) is 69.9 Å². The number of aromatic nitrogens is 1. The minimum Gasteiger partial charge on any atom is -0.375 e. The molecule has 6 nitrogen and oxygen atoms in total. The molecule has 2 amide bonds. The molecular formula is C34H50N4O2S. The zero-order valence-corrected chi connectivity index (χ0v) is 25.9. The molecule has 2 rings (SSSR count). The summed E-state index contributed by atoms with van der Waals surface area (Å²) in [4.78, 5) is 32.8. The number of nitrogen functional groups attached to an aromatic ring is 1. The molecule has 1 aromatic rings. The summed E-state index contributed by atoms with van der Waals surface area (Å²) in [5.74, 6) is -0.101. The summed E-state index contributed by atoms with van der Waals surface area (Å²) >= 11 is 1.52. The number of nitrogens with one attached hydrogen (secondary N) is 1. The van der Waals surface area contributed by atoms with Gasteiger partial charge in [-0.3, -0.25) is 9.59 Å². The van der Waals surface area contributed by atoms with Gasteiger partial charge < -0.3 is 16.0 Å². The second-order valence-electron chi connectivity index (χ2n) is 10.1. The number of nitrogens with two attached hydrogens (primary N) is 1. The van der Waals surface area contributed by atoms with Crippen LogP contribution in [0.3, 0.4) is 0 Å². The number of hydrogen-bond donors (Lipinski definition) is 2. The first-order valence-corrected chi connectivity index (χ1v) is 16.1. The van der Waals surface area contributed by atoms with Crippen molar-refractivity contribution in [3.63, 3.8) is 0 Å². The highest BCUT2D eigenvalue weighted by Gasteiger charge is 2.29. The van der Waals surface area contributed by atoms with E-state index in [2.05, 4.69) is 91.0 Å². The van der Waals surface area contributed by atoms with Crippen molar-refractivity contribution in [2.45, 2.75) is 96.9 Å². The summed E-state index contributed by atoms with van der Waals surface area (Å²) < 4.78 is 0. The highest BCUT2D eigenvalue weighted by atomic mass is 32.1. The van der Waals surface area contributed by atoms with Crippen LogP contribution in [0.15, 0.2) is 72.9 Å². The van der Waals surface area contributed by atoms with Gasteiger partial charge in [0.2, 0.25) is 11.8 Å². The number of carbonyl (C=O) groups excluding carboxylic acids is 2. The lowest BCUT2D eigenvalue weighted by Gasteiger charge is -2.34. The minimum atomic E-state index is -0.0875. The summed E-state index contributed by atoms with van der Waals surface area (Å²) in [6.07, 6.45) is 36.3. The van der Waals surface area contributed by atoms with Crippen LogP contribution in [0.5, 0.6) is 0 Å². The molecule has 0 fully saturated rings. The van der Waals surface area contributed by atoms with Crippen molar-refractivity contribution in [3.8, 4) is 0 Å². The van der Waals surface area contributed by atoms with E-state index in [-0.39, 0.29) is 24.4 Å². The summed E-state index contributed by atoms with van der Waals surface area (Å²) in [6.45, 7) is 4.97. The van der Waals surface area contributed by atoms with Gasteiger partial charge in [0, 0.05) is 30.3 Å². The van der Waals surface area contributed by atoms with E-state index in [1.165, 1.54) is 16.2 Å². The zero-order valence-electron chi connectivity index (χ0n) is 25.1. The minimum absolute atomic E-state index is 0.0138. The largest absolute Gasteiger partial charge is 0.375 e. The number of amides is 2. The van der Waals surface area contributed by atoms with Crippen LogP contribution < -0.4 is 11.1 Å². The standard InChI is InChI=1S/C34H50N4O2S/c1-3-5-6-7-8-9-10-11-12-13-14-15-16-17-18-19-20-21-22-23-32(39)36-28-33(40)38(26-4-2)29-24-25-30-31(27-29)41-34(35)37-30/h5-6,8-9,11-12,14-15,17-18,20-21,29H,3-4,7,10,13,16,19,22-28H2,1-2H3,(H2,35,37)(H,36,39)/b6-5-,9-8-,12-11-,15-14-,18-17-,21-20-/t29-/m1/s1. The van der Waals surface area contributed by atoms with Crippen molar-refractivity contribution in [2.75, 3.05) is 18.8 Å². The number of rotatable bonds is 19. The Morgan fingerprint density at radius 2 is 1.46 bits per heavy atom. The molecule has 0 radical (unpaired) electrons. The lowest BCUT2D eigenvalue weighted by molar-refractivity contribution is -0.135. The van der Waals surface area contributed by atoms with Crippen molar-refractivity contribution < 1.29 is 9.59 Å². The fourth-order valence-corrected chi connectivity index (χ4v) is 5.56.